The van der Waals surface area contributed by atoms with Crippen LogP contribution in [0.15, 0.2) is 36.4 Å². The number of allylic oxidation sites excluding steroid dienone is 2. The van der Waals surface area contributed by atoms with Gasteiger partial charge in [-0.3, -0.25) is 19.3 Å². The van der Waals surface area contributed by atoms with Gasteiger partial charge in [0.25, 0.3) is 5.91 Å². The largest absolute Gasteiger partial charge is 0.454 e. The molecule has 0 spiro atoms. The van der Waals surface area contributed by atoms with Gasteiger partial charge in [-0.1, -0.05) is 24.3 Å². The maximum atomic E-state index is 12.7. The summed E-state index contributed by atoms with van der Waals surface area (Å²) in [6.07, 6.45) is 4.83. The Hall–Kier alpha value is -2.96. The highest BCUT2D eigenvalue weighted by atomic mass is 16.5. The molecule has 7 heteroatoms. The number of benzene rings is 1. The van der Waals surface area contributed by atoms with Crippen molar-refractivity contribution in [2.24, 2.45) is 23.7 Å². The van der Waals surface area contributed by atoms with E-state index >= 15 is 0 Å². The minimum Gasteiger partial charge on any atom is -0.454 e. The third kappa shape index (κ3) is 3.00. The summed E-state index contributed by atoms with van der Waals surface area (Å²) in [6.45, 7) is 2.89. The van der Waals surface area contributed by atoms with Crippen molar-refractivity contribution < 1.29 is 23.9 Å². The lowest BCUT2D eigenvalue weighted by molar-refractivity contribution is -0.159. The van der Waals surface area contributed by atoms with E-state index in [1.54, 1.807) is 12.1 Å². The summed E-state index contributed by atoms with van der Waals surface area (Å²) in [4.78, 5) is 50.9. The first-order valence-electron chi connectivity index (χ1n) is 9.45. The predicted octanol–water partition coefficient (Wildman–Crippen LogP) is 1.67. The zero-order valence-electron chi connectivity index (χ0n) is 15.8. The minimum atomic E-state index is -1.04. The van der Waals surface area contributed by atoms with Crippen molar-refractivity contribution in [1.29, 1.82) is 0 Å². The third-order valence-corrected chi connectivity index (χ3v) is 5.88. The molecule has 1 heterocycles. The molecule has 146 valence electrons. The molecule has 0 radical (unpaired) electrons. The van der Waals surface area contributed by atoms with Crippen LogP contribution in [-0.2, 0) is 23.9 Å². The summed E-state index contributed by atoms with van der Waals surface area (Å²) >= 11 is 0. The molecule has 2 aliphatic carbocycles. The maximum absolute atomic E-state index is 12.7. The van der Waals surface area contributed by atoms with Crippen LogP contribution in [0.1, 0.15) is 18.9 Å². The summed E-state index contributed by atoms with van der Waals surface area (Å²) < 4.78 is 5.06. The second kappa shape index (κ2) is 6.89. The average Bonchev–Trinajstić information content (AvgIpc) is 3.33. The predicted molar refractivity (Wildman–Crippen MR) is 99.8 cm³/mol. The molecule has 1 saturated heterocycles. The topological polar surface area (TPSA) is 92.8 Å². The number of anilines is 1. The van der Waals surface area contributed by atoms with E-state index in [-0.39, 0.29) is 35.5 Å². The molecule has 1 aliphatic heterocycles. The molecule has 1 saturated carbocycles. The van der Waals surface area contributed by atoms with Crippen molar-refractivity contribution in [3.05, 3.63) is 42.0 Å². The number of nitrogens with zero attached hydrogens (tertiary/aromatic N) is 1. The summed E-state index contributed by atoms with van der Waals surface area (Å²) in [5, 5.41) is 2.64. The van der Waals surface area contributed by atoms with Crippen LogP contribution in [0.5, 0.6) is 0 Å². The number of nitrogens with one attached hydrogen (secondary N) is 1. The third-order valence-electron chi connectivity index (χ3n) is 5.88. The molecule has 1 aromatic carbocycles. The highest BCUT2D eigenvalue weighted by Crippen LogP contribution is 2.52. The van der Waals surface area contributed by atoms with Gasteiger partial charge in [-0.2, -0.15) is 0 Å². The summed E-state index contributed by atoms with van der Waals surface area (Å²) in [6, 6.07) is 6.20. The van der Waals surface area contributed by atoms with Crippen molar-refractivity contribution in [3.63, 3.8) is 0 Å². The van der Waals surface area contributed by atoms with Gasteiger partial charge < -0.3 is 10.1 Å². The molecule has 1 aromatic rings. The molecule has 28 heavy (non-hydrogen) atoms. The van der Waals surface area contributed by atoms with Gasteiger partial charge in [0.15, 0.2) is 6.61 Å². The summed E-state index contributed by atoms with van der Waals surface area (Å²) in [7, 11) is 0. The highest BCUT2D eigenvalue weighted by Gasteiger charge is 2.60. The maximum Gasteiger partial charge on any atom is 0.329 e. The SMILES string of the molecule is Cc1cccc(NC(=O)COC(=O)[C@H](C)N2C(=O)[C@@H]3[C@H](C2=O)[C@H]2C=C[C@H]3C2)c1. The number of carbonyl (C=O) groups excluding carboxylic acids is 4. The number of likely N-dealkylation sites (tertiary alicyclic amines) is 1. The fourth-order valence-electron chi connectivity index (χ4n) is 4.59. The molecule has 0 aromatic heterocycles. The van der Waals surface area contributed by atoms with Crippen molar-refractivity contribution in [2.75, 3.05) is 11.9 Å². The number of ether oxygens (including phenoxy) is 1. The number of hydrogen-bond acceptors (Lipinski definition) is 5. The van der Waals surface area contributed by atoms with Gasteiger partial charge in [-0.25, -0.2) is 4.79 Å². The van der Waals surface area contributed by atoms with Crippen molar-refractivity contribution in [3.8, 4) is 0 Å². The fraction of sp³-hybridized carbons (Fsp3) is 0.429. The number of hydrogen-bond donors (Lipinski definition) is 1. The van der Waals surface area contributed by atoms with Crippen LogP contribution in [0, 0.1) is 30.6 Å². The Bertz CT molecular complexity index is 863. The molecule has 2 fully saturated rings. The Labute approximate surface area is 162 Å². The summed E-state index contributed by atoms with van der Waals surface area (Å²) in [5.74, 6) is -2.41. The van der Waals surface area contributed by atoms with Crippen LogP contribution in [0.3, 0.4) is 0 Å². The minimum absolute atomic E-state index is 0.0831. The number of aryl methyl sites for hydroxylation is 1. The van der Waals surface area contributed by atoms with Crippen molar-refractivity contribution >= 4 is 29.4 Å². The first-order valence-corrected chi connectivity index (χ1v) is 9.45. The Kier molecular flexibility index (Phi) is 4.53. The molecular weight excluding hydrogens is 360 g/mol. The number of carbonyl (C=O) groups is 4. The zero-order chi connectivity index (χ0) is 20.0. The van der Waals surface area contributed by atoms with Crippen LogP contribution in [0.4, 0.5) is 5.69 Å². The lowest BCUT2D eigenvalue weighted by Gasteiger charge is -2.23. The number of amides is 3. The van der Waals surface area contributed by atoms with Crippen LogP contribution >= 0.6 is 0 Å². The smallest absolute Gasteiger partial charge is 0.329 e. The Morgan fingerprint density at radius 2 is 1.82 bits per heavy atom. The number of imide groups is 1. The van der Waals surface area contributed by atoms with E-state index in [1.807, 2.05) is 31.2 Å². The molecular formula is C21H22N2O5. The molecule has 3 aliphatic rings. The van der Waals surface area contributed by atoms with E-state index in [4.69, 9.17) is 4.74 Å². The van der Waals surface area contributed by atoms with E-state index < -0.39 is 24.5 Å². The first kappa shape index (κ1) is 18.4. The van der Waals surface area contributed by atoms with Gasteiger partial charge in [-0.15, -0.1) is 0 Å². The Morgan fingerprint density at radius 3 is 2.43 bits per heavy atom. The highest BCUT2D eigenvalue weighted by molar-refractivity contribution is 6.09. The van der Waals surface area contributed by atoms with Gasteiger partial charge in [0.1, 0.15) is 6.04 Å². The number of fused-ring (bicyclic) bond motifs is 5. The lowest BCUT2D eigenvalue weighted by Crippen LogP contribution is -2.45. The van der Waals surface area contributed by atoms with Crippen LogP contribution in [0.25, 0.3) is 0 Å². The van der Waals surface area contributed by atoms with Crippen LogP contribution in [-0.4, -0.2) is 41.2 Å². The first-order chi connectivity index (χ1) is 13.4. The lowest BCUT2D eigenvalue weighted by atomic mass is 9.85. The van der Waals surface area contributed by atoms with Gasteiger partial charge in [0, 0.05) is 5.69 Å². The second-order valence-electron chi connectivity index (χ2n) is 7.75. The Balaban J connectivity index is 1.34. The molecule has 7 nitrogen and oxygen atoms in total. The van der Waals surface area contributed by atoms with E-state index in [2.05, 4.69) is 5.32 Å². The van der Waals surface area contributed by atoms with Gasteiger partial charge in [-0.05, 0) is 49.8 Å². The van der Waals surface area contributed by atoms with Gasteiger partial charge in [0.05, 0.1) is 11.8 Å². The molecule has 2 bridgehead atoms. The van der Waals surface area contributed by atoms with E-state index in [0.29, 0.717) is 5.69 Å². The molecule has 4 rings (SSSR count). The van der Waals surface area contributed by atoms with Gasteiger partial charge >= 0.3 is 5.97 Å². The number of esters is 1. The normalized spacial score (nSPS) is 28.4. The van der Waals surface area contributed by atoms with Gasteiger partial charge in [0.2, 0.25) is 11.8 Å². The van der Waals surface area contributed by atoms with E-state index in [9.17, 15) is 19.2 Å². The van der Waals surface area contributed by atoms with E-state index in [0.717, 1.165) is 16.9 Å². The summed E-state index contributed by atoms with van der Waals surface area (Å²) in [5.41, 5.74) is 1.60. The quantitative estimate of drug-likeness (QED) is 0.475. The molecule has 0 unspecified atom stereocenters. The average molecular weight is 382 g/mol. The molecule has 3 amide bonds. The van der Waals surface area contributed by atoms with E-state index in [1.165, 1.54) is 6.92 Å². The van der Waals surface area contributed by atoms with Crippen molar-refractivity contribution in [1.82, 2.24) is 4.90 Å². The standard InChI is InChI=1S/C21H22N2O5/c1-11-4-3-5-15(8-11)22-16(24)10-28-21(27)12(2)23-19(25)17-13-6-7-14(9-13)18(17)20(23)26/h3-8,12-14,17-18H,9-10H2,1-2H3,(H,22,24)/t12-,13-,14-,17-,18+/m0/s1. The van der Waals surface area contributed by atoms with Crippen molar-refractivity contribution in [2.45, 2.75) is 26.3 Å². The van der Waals surface area contributed by atoms with Crippen LogP contribution < -0.4 is 5.32 Å². The Morgan fingerprint density at radius 1 is 1.18 bits per heavy atom. The molecule has 5 atom stereocenters. The monoisotopic (exact) mass is 382 g/mol. The van der Waals surface area contributed by atoms with Crippen LogP contribution in [0.2, 0.25) is 0 Å². The molecule has 1 N–H and O–H groups in total. The fourth-order valence-corrected chi connectivity index (χ4v) is 4.59. The zero-order valence-corrected chi connectivity index (χ0v) is 15.8. The second-order valence-corrected chi connectivity index (χ2v) is 7.75. The number of rotatable bonds is 5.